The topological polar surface area (TPSA) is 82.7 Å². The Morgan fingerprint density at radius 1 is 1.05 bits per heavy atom. The maximum atomic E-state index is 12.0. The van der Waals surface area contributed by atoms with Crippen LogP contribution in [-0.2, 0) is 6.42 Å². The van der Waals surface area contributed by atoms with Gasteiger partial charge >= 0.3 is 0 Å². The zero-order chi connectivity index (χ0) is 15.5. The number of benzene rings is 2. The molecule has 2 aromatic carbocycles. The Morgan fingerprint density at radius 2 is 1.86 bits per heavy atom. The van der Waals surface area contributed by atoms with E-state index in [4.69, 9.17) is 4.42 Å². The van der Waals surface area contributed by atoms with Gasteiger partial charge in [-0.05, 0) is 36.2 Å². The molecule has 1 heterocycles. The summed E-state index contributed by atoms with van der Waals surface area (Å²) in [6.45, 7) is 0.403. The lowest BCUT2D eigenvalue weighted by Crippen LogP contribution is -2.25. The van der Waals surface area contributed by atoms with Crippen LogP contribution in [0.5, 0.6) is 11.5 Å². The first-order valence-electron chi connectivity index (χ1n) is 6.91. The fourth-order valence-corrected chi connectivity index (χ4v) is 2.23. The van der Waals surface area contributed by atoms with Crippen LogP contribution in [0.2, 0.25) is 0 Å². The van der Waals surface area contributed by atoms with Crippen molar-refractivity contribution in [3.05, 3.63) is 59.9 Å². The van der Waals surface area contributed by atoms with Crippen molar-refractivity contribution >= 4 is 16.9 Å². The molecule has 1 amide bonds. The Bertz CT molecular complexity index is 789. The third-order valence-corrected chi connectivity index (χ3v) is 3.39. The summed E-state index contributed by atoms with van der Waals surface area (Å²) in [7, 11) is 0. The molecule has 112 valence electrons. The average Bonchev–Trinajstić information content (AvgIpc) is 2.95. The van der Waals surface area contributed by atoms with E-state index in [2.05, 4.69) is 5.32 Å². The minimum absolute atomic E-state index is 0.157. The van der Waals surface area contributed by atoms with E-state index >= 15 is 0 Å². The summed E-state index contributed by atoms with van der Waals surface area (Å²) in [5.41, 5.74) is 1.50. The van der Waals surface area contributed by atoms with Gasteiger partial charge in [-0.1, -0.05) is 24.3 Å². The lowest BCUT2D eigenvalue weighted by atomic mass is 10.1. The van der Waals surface area contributed by atoms with Gasteiger partial charge in [-0.15, -0.1) is 0 Å². The molecule has 0 saturated carbocycles. The minimum atomic E-state index is -0.279. The highest BCUT2D eigenvalue weighted by Crippen LogP contribution is 2.25. The summed E-state index contributed by atoms with van der Waals surface area (Å²) in [6.07, 6.45) is 0.541. The van der Waals surface area contributed by atoms with E-state index in [9.17, 15) is 15.0 Å². The number of carbonyl (C=O) groups excluding carboxylic acids is 1. The normalized spacial score (nSPS) is 10.7. The highest BCUT2D eigenvalue weighted by molar-refractivity contribution is 5.96. The van der Waals surface area contributed by atoms with Crippen LogP contribution in [0, 0.1) is 0 Å². The molecule has 1 aromatic heterocycles. The monoisotopic (exact) mass is 297 g/mol. The molecule has 0 unspecified atom stereocenters. The number of fused-ring (bicyclic) bond motifs is 1. The van der Waals surface area contributed by atoms with E-state index in [1.807, 2.05) is 24.3 Å². The molecule has 0 fully saturated rings. The van der Waals surface area contributed by atoms with Gasteiger partial charge in [-0.25, -0.2) is 0 Å². The fourth-order valence-electron chi connectivity index (χ4n) is 2.23. The lowest BCUT2D eigenvalue weighted by molar-refractivity contribution is 0.0928. The molecule has 3 N–H and O–H groups in total. The van der Waals surface area contributed by atoms with Crippen LogP contribution in [0.25, 0.3) is 11.0 Å². The number of hydrogen-bond donors (Lipinski definition) is 3. The second-order valence-corrected chi connectivity index (χ2v) is 4.98. The molecule has 0 atom stereocenters. The van der Waals surface area contributed by atoms with Crippen LogP contribution in [0.3, 0.4) is 0 Å². The van der Waals surface area contributed by atoms with Gasteiger partial charge in [0.15, 0.2) is 17.3 Å². The van der Waals surface area contributed by atoms with E-state index in [-0.39, 0.29) is 23.2 Å². The quantitative estimate of drug-likeness (QED) is 0.647. The van der Waals surface area contributed by atoms with Gasteiger partial charge in [-0.3, -0.25) is 4.79 Å². The molecule has 0 saturated heterocycles. The van der Waals surface area contributed by atoms with Crippen LogP contribution >= 0.6 is 0 Å². The predicted octanol–water partition coefficient (Wildman–Crippen LogP) is 2.82. The zero-order valence-electron chi connectivity index (χ0n) is 11.7. The van der Waals surface area contributed by atoms with E-state index in [1.165, 1.54) is 12.1 Å². The number of para-hydroxylation sites is 1. The number of aromatic hydroxyl groups is 2. The Balaban J connectivity index is 1.61. The summed E-state index contributed by atoms with van der Waals surface area (Å²) in [6, 6.07) is 13.7. The molecule has 3 rings (SSSR count). The van der Waals surface area contributed by atoms with Gasteiger partial charge in [0.2, 0.25) is 0 Å². The predicted molar refractivity (Wildman–Crippen MR) is 82.0 cm³/mol. The van der Waals surface area contributed by atoms with Gasteiger partial charge in [0, 0.05) is 11.9 Å². The molecule has 3 aromatic rings. The highest BCUT2D eigenvalue weighted by atomic mass is 16.3. The van der Waals surface area contributed by atoms with Crippen LogP contribution in [0.1, 0.15) is 16.1 Å². The Morgan fingerprint density at radius 3 is 2.64 bits per heavy atom. The summed E-state index contributed by atoms with van der Waals surface area (Å²) in [5, 5.41) is 22.3. The maximum absolute atomic E-state index is 12.0. The van der Waals surface area contributed by atoms with Crippen LogP contribution in [0.4, 0.5) is 0 Å². The number of phenolic OH excluding ortho intramolecular Hbond substituents is 2. The van der Waals surface area contributed by atoms with E-state index in [1.54, 1.807) is 12.1 Å². The second kappa shape index (κ2) is 5.81. The van der Waals surface area contributed by atoms with Crippen LogP contribution in [0.15, 0.2) is 52.9 Å². The molecule has 0 aliphatic rings. The third-order valence-electron chi connectivity index (χ3n) is 3.39. The van der Waals surface area contributed by atoms with Crippen molar-refractivity contribution in [2.24, 2.45) is 0 Å². The molecule has 0 aliphatic carbocycles. The van der Waals surface area contributed by atoms with Gasteiger partial charge in [0.25, 0.3) is 5.91 Å². The molecular weight excluding hydrogens is 282 g/mol. The number of phenols is 2. The number of carbonyl (C=O) groups is 1. The highest BCUT2D eigenvalue weighted by Gasteiger charge is 2.11. The molecule has 0 spiro atoms. The summed E-state index contributed by atoms with van der Waals surface area (Å²) in [5.74, 6) is -0.329. The first-order valence-corrected chi connectivity index (χ1v) is 6.91. The van der Waals surface area contributed by atoms with Crippen molar-refractivity contribution in [3.8, 4) is 11.5 Å². The Kier molecular flexibility index (Phi) is 3.70. The molecule has 5 heteroatoms. The van der Waals surface area contributed by atoms with Gasteiger partial charge < -0.3 is 19.9 Å². The van der Waals surface area contributed by atoms with Gasteiger partial charge in [0.05, 0.1) is 0 Å². The van der Waals surface area contributed by atoms with Gasteiger partial charge in [0.1, 0.15) is 5.58 Å². The van der Waals surface area contributed by atoms with E-state index < -0.39 is 0 Å². The summed E-state index contributed by atoms with van der Waals surface area (Å²) in [4.78, 5) is 12.0. The molecule has 22 heavy (non-hydrogen) atoms. The number of nitrogens with one attached hydrogen (secondary N) is 1. The Labute approximate surface area is 126 Å². The molecule has 0 aliphatic heterocycles. The Hall–Kier alpha value is -2.95. The standard InChI is InChI=1S/C17H15NO4/c19-13-6-5-11(9-14(13)20)7-8-18-17(21)16-10-12-3-1-2-4-15(12)22-16/h1-6,9-10,19-20H,7-8H2,(H,18,21). The number of furan rings is 1. The average molecular weight is 297 g/mol. The van der Waals surface area contributed by atoms with Crippen LogP contribution < -0.4 is 5.32 Å². The van der Waals surface area contributed by atoms with E-state index in [0.717, 1.165) is 10.9 Å². The smallest absolute Gasteiger partial charge is 0.287 e. The van der Waals surface area contributed by atoms with Crippen molar-refractivity contribution in [2.75, 3.05) is 6.54 Å². The fraction of sp³-hybridized carbons (Fsp3) is 0.118. The number of rotatable bonds is 4. The van der Waals surface area contributed by atoms with Crippen molar-refractivity contribution in [3.63, 3.8) is 0 Å². The molecular formula is C17H15NO4. The van der Waals surface area contributed by atoms with Crippen molar-refractivity contribution in [2.45, 2.75) is 6.42 Å². The first kappa shape index (κ1) is 14.0. The number of amides is 1. The van der Waals surface area contributed by atoms with Crippen LogP contribution in [-0.4, -0.2) is 22.7 Å². The summed E-state index contributed by atoms with van der Waals surface area (Å²) < 4.78 is 5.48. The number of hydrogen-bond acceptors (Lipinski definition) is 4. The molecule has 0 bridgehead atoms. The first-order chi connectivity index (χ1) is 10.6. The lowest BCUT2D eigenvalue weighted by Gasteiger charge is -2.05. The largest absolute Gasteiger partial charge is 0.504 e. The maximum Gasteiger partial charge on any atom is 0.287 e. The summed E-state index contributed by atoms with van der Waals surface area (Å²) >= 11 is 0. The SMILES string of the molecule is O=C(NCCc1ccc(O)c(O)c1)c1cc2ccccc2o1. The molecule has 0 radical (unpaired) electrons. The third kappa shape index (κ3) is 2.88. The van der Waals surface area contributed by atoms with Crippen molar-refractivity contribution in [1.29, 1.82) is 0 Å². The van der Waals surface area contributed by atoms with Gasteiger partial charge in [-0.2, -0.15) is 0 Å². The minimum Gasteiger partial charge on any atom is -0.504 e. The van der Waals surface area contributed by atoms with E-state index in [0.29, 0.717) is 18.5 Å². The second-order valence-electron chi connectivity index (χ2n) is 4.98. The zero-order valence-corrected chi connectivity index (χ0v) is 11.7. The van der Waals surface area contributed by atoms with Crippen molar-refractivity contribution in [1.82, 2.24) is 5.32 Å². The molecule has 5 nitrogen and oxygen atoms in total. The van der Waals surface area contributed by atoms with Crippen molar-refractivity contribution < 1.29 is 19.4 Å².